The van der Waals surface area contributed by atoms with E-state index >= 15 is 0 Å². The molecular weight excluding hydrogens is 278 g/mol. The second-order valence-electron chi connectivity index (χ2n) is 4.38. The SMILES string of the molecule is CCCNc1ccnc(-c2cc(Cl)c3c(c2)OCO3)n1. The molecule has 0 amide bonds. The molecule has 3 rings (SSSR count). The molecule has 0 saturated heterocycles. The van der Waals surface area contributed by atoms with Crippen LogP contribution in [-0.4, -0.2) is 23.3 Å². The minimum Gasteiger partial charge on any atom is -0.454 e. The van der Waals surface area contributed by atoms with E-state index in [1.54, 1.807) is 12.3 Å². The van der Waals surface area contributed by atoms with Crippen LogP contribution in [0, 0.1) is 0 Å². The Morgan fingerprint density at radius 2 is 2.25 bits per heavy atom. The first kappa shape index (κ1) is 13.0. The van der Waals surface area contributed by atoms with Gasteiger partial charge in [0.25, 0.3) is 0 Å². The van der Waals surface area contributed by atoms with Gasteiger partial charge in [-0.05, 0) is 24.6 Å². The zero-order valence-corrected chi connectivity index (χ0v) is 11.8. The number of fused-ring (bicyclic) bond motifs is 1. The van der Waals surface area contributed by atoms with Gasteiger partial charge in [-0.2, -0.15) is 0 Å². The highest BCUT2D eigenvalue weighted by Gasteiger charge is 2.19. The maximum atomic E-state index is 6.17. The molecular formula is C14H14ClN3O2. The third kappa shape index (κ3) is 2.49. The smallest absolute Gasteiger partial charge is 0.231 e. The van der Waals surface area contributed by atoms with Gasteiger partial charge in [0.05, 0.1) is 5.02 Å². The van der Waals surface area contributed by atoms with Crippen molar-refractivity contribution in [1.29, 1.82) is 0 Å². The zero-order chi connectivity index (χ0) is 13.9. The largest absolute Gasteiger partial charge is 0.454 e. The van der Waals surface area contributed by atoms with E-state index in [0.717, 1.165) is 24.3 Å². The van der Waals surface area contributed by atoms with Crippen molar-refractivity contribution in [3.8, 4) is 22.9 Å². The van der Waals surface area contributed by atoms with Crippen molar-refractivity contribution in [3.05, 3.63) is 29.4 Å². The molecule has 1 aromatic carbocycles. The van der Waals surface area contributed by atoms with Crippen LogP contribution in [0.4, 0.5) is 5.82 Å². The number of rotatable bonds is 4. The van der Waals surface area contributed by atoms with E-state index in [-0.39, 0.29) is 6.79 Å². The lowest BCUT2D eigenvalue weighted by atomic mass is 10.2. The third-order valence-electron chi connectivity index (χ3n) is 2.90. The van der Waals surface area contributed by atoms with Gasteiger partial charge in [0.2, 0.25) is 6.79 Å². The van der Waals surface area contributed by atoms with Crippen LogP contribution in [0.15, 0.2) is 24.4 Å². The Balaban J connectivity index is 1.95. The highest BCUT2D eigenvalue weighted by Crippen LogP contribution is 2.41. The average Bonchev–Trinajstić information content (AvgIpc) is 2.94. The van der Waals surface area contributed by atoms with Crippen molar-refractivity contribution in [1.82, 2.24) is 9.97 Å². The normalized spacial score (nSPS) is 12.5. The van der Waals surface area contributed by atoms with Crippen LogP contribution >= 0.6 is 11.6 Å². The molecule has 20 heavy (non-hydrogen) atoms. The van der Waals surface area contributed by atoms with E-state index < -0.39 is 0 Å². The molecule has 0 atom stereocenters. The van der Waals surface area contributed by atoms with Crippen molar-refractivity contribution in [2.24, 2.45) is 0 Å². The highest BCUT2D eigenvalue weighted by atomic mass is 35.5. The summed E-state index contributed by atoms with van der Waals surface area (Å²) >= 11 is 6.17. The number of ether oxygens (including phenoxy) is 2. The summed E-state index contributed by atoms with van der Waals surface area (Å²) in [6.07, 6.45) is 2.76. The zero-order valence-electron chi connectivity index (χ0n) is 11.0. The van der Waals surface area contributed by atoms with Crippen molar-refractivity contribution < 1.29 is 9.47 Å². The minimum atomic E-state index is 0.192. The van der Waals surface area contributed by atoms with E-state index in [1.807, 2.05) is 12.1 Å². The third-order valence-corrected chi connectivity index (χ3v) is 3.18. The Morgan fingerprint density at radius 3 is 3.10 bits per heavy atom. The van der Waals surface area contributed by atoms with Gasteiger partial charge in [-0.15, -0.1) is 0 Å². The molecule has 0 fully saturated rings. The highest BCUT2D eigenvalue weighted by molar-refractivity contribution is 6.32. The Labute approximate surface area is 121 Å². The second-order valence-corrected chi connectivity index (χ2v) is 4.79. The second kappa shape index (κ2) is 5.54. The van der Waals surface area contributed by atoms with Crippen LogP contribution in [0.25, 0.3) is 11.4 Å². The number of hydrogen-bond donors (Lipinski definition) is 1. The monoisotopic (exact) mass is 291 g/mol. The molecule has 0 spiro atoms. The van der Waals surface area contributed by atoms with Crippen LogP contribution in [0.1, 0.15) is 13.3 Å². The molecule has 1 aliphatic rings. The maximum Gasteiger partial charge on any atom is 0.231 e. The van der Waals surface area contributed by atoms with E-state index in [1.165, 1.54) is 0 Å². The molecule has 1 N–H and O–H groups in total. The molecule has 1 aromatic heterocycles. The summed E-state index contributed by atoms with van der Waals surface area (Å²) in [5.74, 6) is 2.61. The summed E-state index contributed by atoms with van der Waals surface area (Å²) < 4.78 is 10.6. The number of nitrogens with zero attached hydrogens (tertiary/aromatic N) is 2. The van der Waals surface area contributed by atoms with Crippen molar-refractivity contribution in [2.75, 3.05) is 18.7 Å². The van der Waals surface area contributed by atoms with Gasteiger partial charge in [0, 0.05) is 18.3 Å². The molecule has 0 unspecified atom stereocenters. The lowest BCUT2D eigenvalue weighted by Crippen LogP contribution is -2.03. The van der Waals surface area contributed by atoms with Gasteiger partial charge in [-0.3, -0.25) is 0 Å². The van der Waals surface area contributed by atoms with E-state index in [4.69, 9.17) is 21.1 Å². The molecule has 104 valence electrons. The van der Waals surface area contributed by atoms with Gasteiger partial charge >= 0.3 is 0 Å². The molecule has 6 heteroatoms. The van der Waals surface area contributed by atoms with Crippen LogP contribution in [-0.2, 0) is 0 Å². The fourth-order valence-electron chi connectivity index (χ4n) is 1.95. The fourth-order valence-corrected chi connectivity index (χ4v) is 2.21. The van der Waals surface area contributed by atoms with Crippen LogP contribution < -0.4 is 14.8 Å². The topological polar surface area (TPSA) is 56.3 Å². The van der Waals surface area contributed by atoms with Gasteiger partial charge in [-0.1, -0.05) is 18.5 Å². The molecule has 2 heterocycles. The lowest BCUT2D eigenvalue weighted by Gasteiger charge is -2.07. The first-order valence-electron chi connectivity index (χ1n) is 6.44. The van der Waals surface area contributed by atoms with Gasteiger partial charge in [0.1, 0.15) is 5.82 Å². The first-order chi connectivity index (χ1) is 9.78. The van der Waals surface area contributed by atoms with Crippen LogP contribution in [0.2, 0.25) is 5.02 Å². The van der Waals surface area contributed by atoms with Crippen molar-refractivity contribution in [3.63, 3.8) is 0 Å². The quantitative estimate of drug-likeness (QED) is 0.936. The Morgan fingerprint density at radius 1 is 1.35 bits per heavy atom. The number of hydrogen-bond acceptors (Lipinski definition) is 5. The number of aromatic nitrogens is 2. The molecule has 0 saturated carbocycles. The summed E-state index contributed by atoms with van der Waals surface area (Å²) in [7, 11) is 0. The molecule has 2 aromatic rings. The van der Waals surface area contributed by atoms with E-state index in [0.29, 0.717) is 22.3 Å². The fraction of sp³-hybridized carbons (Fsp3) is 0.286. The first-order valence-corrected chi connectivity index (χ1v) is 6.82. The summed E-state index contributed by atoms with van der Waals surface area (Å²) in [6.45, 7) is 3.17. The molecule has 1 aliphatic heterocycles. The summed E-state index contributed by atoms with van der Waals surface area (Å²) in [4.78, 5) is 8.75. The molecule has 0 aliphatic carbocycles. The molecule has 0 radical (unpaired) electrons. The number of nitrogens with one attached hydrogen (secondary N) is 1. The average molecular weight is 292 g/mol. The Kier molecular flexibility index (Phi) is 3.60. The minimum absolute atomic E-state index is 0.192. The van der Waals surface area contributed by atoms with Crippen molar-refractivity contribution >= 4 is 17.4 Å². The number of halogens is 1. The maximum absolute atomic E-state index is 6.17. The van der Waals surface area contributed by atoms with Crippen molar-refractivity contribution in [2.45, 2.75) is 13.3 Å². The standard InChI is InChI=1S/C14H14ClN3O2/c1-2-4-16-12-3-5-17-14(18-12)9-6-10(15)13-11(7-9)19-8-20-13/h3,5-7H,2,4,8H2,1H3,(H,16,17,18). The van der Waals surface area contributed by atoms with E-state index in [9.17, 15) is 0 Å². The van der Waals surface area contributed by atoms with Crippen LogP contribution in [0.3, 0.4) is 0 Å². The summed E-state index contributed by atoms with van der Waals surface area (Å²) in [5.41, 5.74) is 0.805. The Hall–Kier alpha value is -2.01. The van der Waals surface area contributed by atoms with E-state index in [2.05, 4.69) is 22.2 Å². The lowest BCUT2D eigenvalue weighted by molar-refractivity contribution is 0.174. The predicted molar refractivity (Wildman–Crippen MR) is 77.4 cm³/mol. The van der Waals surface area contributed by atoms with Gasteiger partial charge in [-0.25, -0.2) is 9.97 Å². The molecule has 0 bridgehead atoms. The predicted octanol–water partition coefficient (Wildman–Crippen LogP) is 3.35. The van der Waals surface area contributed by atoms with Gasteiger partial charge in [0.15, 0.2) is 17.3 Å². The van der Waals surface area contributed by atoms with Crippen LogP contribution in [0.5, 0.6) is 11.5 Å². The number of anilines is 1. The Bertz CT molecular complexity index is 634. The van der Waals surface area contributed by atoms with Gasteiger partial charge < -0.3 is 14.8 Å². The summed E-state index contributed by atoms with van der Waals surface area (Å²) in [5, 5.41) is 3.74. The molecule has 5 nitrogen and oxygen atoms in total. The number of benzene rings is 1. The summed E-state index contributed by atoms with van der Waals surface area (Å²) in [6, 6.07) is 5.47.